The van der Waals surface area contributed by atoms with Gasteiger partial charge >= 0.3 is 0 Å². The number of ether oxygens (including phenoxy) is 1. The molecule has 0 aromatic heterocycles. The van der Waals surface area contributed by atoms with Gasteiger partial charge in [0.05, 0.1) is 5.02 Å². The van der Waals surface area contributed by atoms with E-state index in [1.165, 1.54) is 0 Å². The summed E-state index contributed by atoms with van der Waals surface area (Å²) in [6, 6.07) is 13.4. The van der Waals surface area contributed by atoms with Crippen molar-refractivity contribution in [3.05, 3.63) is 63.6 Å². The van der Waals surface area contributed by atoms with Crippen LogP contribution in [0.15, 0.2) is 42.5 Å². The van der Waals surface area contributed by atoms with Crippen molar-refractivity contribution in [1.82, 2.24) is 5.32 Å². The molecular weight excluding hydrogens is 305 g/mol. The Morgan fingerprint density at radius 1 is 1.05 bits per heavy atom. The first-order valence-electron chi connectivity index (χ1n) is 7.06. The minimum absolute atomic E-state index is 0.474. The molecule has 0 aliphatic carbocycles. The van der Waals surface area contributed by atoms with Gasteiger partial charge in [-0.15, -0.1) is 0 Å². The second-order valence-corrected chi connectivity index (χ2v) is 5.66. The standard InChI is InChI=1S/C17H19Cl2NO/c1-2-10-20-11-14-4-3-5-16(19)17(14)21-12-13-6-8-15(18)9-7-13/h3-9,20H,2,10-12H2,1H3. The molecule has 0 bridgehead atoms. The van der Waals surface area contributed by atoms with Crippen molar-refractivity contribution in [3.63, 3.8) is 0 Å². The summed E-state index contributed by atoms with van der Waals surface area (Å²) in [5.74, 6) is 0.748. The van der Waals surface area contributed by atoms with Gasteiger partial charge in [-0.3, -0.25) is 0 Å². The topological polar surface area (TPSA) is 21.3 Å². The molecule has 112 valence electrons. The third-order valence-corrected chi connectivity index (χ3v) is 3.64. The Hall–Kier alpha value is -1.22. The first kappa shape index (κ1) is 16.2. The van der Waals surface area contributed by atoms with Gasteiger partial charge in [0, 0.05) is 17.1 Å². The SMILES string of the molecule is CCCNCc1cccc(Cl)c1OCc1ccc(Cl)cc1. The second-order valence-electron chi connectivity index (χ2n) is 4.82. The van der Waals surface area contributed by atoms with Crippen LogP contribution in [0, 0.1) is 0 Å². The maximum atomic E-state index is 6.26. The van der Waals surface area contributed by atoms with Gasteiger partial charge in [-0.05, 0) is 36.7 Å². The molecule has 0 saturated heterocycles. The van der Waals surface area contributed by atoms with Crippen molar-refractivity contribution >= 4 is 23.2 Å². The maximum absolute atomic E-state index is 6.26. The van der Waals surface area contributed by atoms with E-state index in [0.717, 1.165) is 41.4 Å². The number of rotatable bonds is 7. The predicted molar refractivity (Wildman–Crippen MR) is 89.2 cm³/mol. The van der Waals surface area contributed by atoms with Gasteiger partial charge in [-0.1, -0.05) is 54.4 Å². The lowest BCUT2D eigenvalue weighted by molar-refractivity contribution is 0.302. The minimum atomic E-state index is 0.474. The van der Waals surface area contributed by atoms with Gasteiger partial charge in [-0.2, -0.15) is 0 Å². The average molecular weight is 324 g/mol. The first-order valence-corrected chi connectivity index (χ1v) is 7.81. The molecule has 0 heterocycles. The van der Waals surface area contributed by atoms with Crippen molar-refractivity contribution in [2.24, 2.45) is 0 Å². The summed E-state index contributed by atoms with van der Waals surface area (Å²) in [7, 11) is 0. The van der Waals surface area contributed by atoms with Crippen LogP contribution in [-0.4, -0.2) is 6.54 Å². The van der Waals surface area contributed by atoms with Gasteiger partial charge < -0.3 is 10.1 Å². The lowest BCUT2D eigenvalue weighted by atomic mass is 10.2. The maximum Gasteiger partial charge on any atom is 0.142 e. The number of nitrogens with one attached hydrogen (secondary N) is 1. The number of hydrogen-bond donors (Lipinski definition) is 1. The van der Waals surface area contributed by atoms with E-state index in [1.54, 1.807) is 0 Å². The Morgan fingerprint density at radius 3 is 2.52 bits per heavy atom. The molecule has 0 aliphatic heterocycles. The van der Waals surface area contributed by atoms with Gasteiger partial charge in [-0.25, -0.2) is 0 Å². The lowest BCUT2D eigenvalue weighted by Crippen LogP contribution is -2.14. The Balaban J connectivity index is 2.05. The van der Waals surface area contributed by atoms with E-state index in [4.69, 9.17) is 27.9 Å². The third-order valence-electron chi connectivity index (χ3n) is 3.09. The Morgan fingerprint density at radius 2 is 1.81 bits per heavy atom. The molecule has 0 atom stereocenters. The Bertz CT molecular complexity index is 570. The highest BCUT2D eigenvalue weighted by Crippen LogP contribution is 2.29. The highest BCUT2D eigenvalue weighted by atomic mass is 35.5. The molecule has 0 aliphatic rings. The zero-order valence-corrected chi connectivity index (χ0v) is 13.5. The van der Waals surface area contributed by atoms with E-state index >= 15 is 0 Å². The molecule has 2 rings (SSSR count). The summed E-state index contributed by atoms with van der Waals surface area (Å²) in [5, 5.41) is 4.73. The number of hydrogen-bond acceptors (Lipinski definition) is 2. The molecule has 0 fully saturated rings. The fraction of sp³-hybridized carbons (Fsp3) is 0.294. The number of halogens is 2. The quantitative estimate of drug-likeness (QED) is 0.718. The molecule has 1 N–H and O–H groups in total. The van der Waals surface area contributed by atoms with Crippen LogP contribution in [0.5, 0.6) is 5.75 Å². The summed E-state index contributed by atoms with van der Waals surface area (Å²) in [6.07, 6.45) is 1.10. The molecule has 2 nitrogen and oxygen atoms in total. The zero-order chi connectivity index (χ0) is 15.1. The molecule has 0 unspecified atom stereocenters. The van der Waals surface area contributed by atoms with Crippen LogP contribution < -0.4 is 10.1 Å². The highest BCUT2D eigenvalue weighted by Gasteiger charge is 2.08. The minimum Gasteiger partial charge on any atom is -0.487 e. The molecule has 0 radical (unpaired) electrons. The van der Waals surface area contributed by atoms with Gasteiger partial charge in [0.2, 0.25) is 0 Å². The molecule has 0 spiro atoms. The predicted octanol–water partition coefficient (Wildman–Crippen LogP) is 5.07. The van der Waals surface area contributed by atoms with E-state index < -0.39 is 0 Å². The molecule has 0 amide bonds. The smallest absolute Gasteiger partial charge is 0.142 e. The first-order chi connectivity index (χ1) is 10.2. The van der Waals surface area contributed by atoms with Crippen LogP contribution in [0.4, 0.5) is 0 Å². The summed E-state index contributed by atoms with van der Waals surface area (Å²) >= 11 is 12.1. The Kier molecular flexibility index (Phi) is 6.37. The molecule has 2 aromatic carbocycles. The van der Waals surface area contributed by atoms with Crippen LogP contribution >= 0.6 is 23.2 Å². The van der Waals surface area contributed by atoms with E-state index in [9.17, 15) is 0 Å². The van der Waals surface area contributed by atoms with Crippen LogP contribution in [0.25, 0.3) is 0 Å². The van der Waals surface area contributed by atoms with E-state index in [-0.39, 0.29) is 0 Å². The normalized spacial score (nSPS) is 10.6. The molecule has 4 heteroatoms. The largest absolute Gasteiger partial charge is 0.487 e. The molecule has 0 saturated carbocycles. The van der Waals surface area contributed by atoms with Crippen LogP contribution in [0.2, 0.25) is 10.0 Å². The number of benzene rings is 2. The monoisotopic (exact) mass is 323 g/mol. The van der Waals surface area contributed by atoms with Crippen LogP contribution in [0.3, 0.4) is 0 Å². The van der Waals surface area contributed by atoms with Gasteiger partial charge in [0.15, 0.2) is 0 Å². The molecule has 2 aromatic rings. The van der Waals surface area contributed by atoms with Crippen molar-refractivity contribution in [2.45, 2.75) is 26.5 Å². The zero-order valence-electron chi connectivity index (χ0n) is 12.0. The van der Waals surface area contributed by atoms with E-state index in [0.29, 0.717) is 11.6 Å². The van der Waals surface area contributed by atoms with E-state index in [2.05, 4.69) is 12.2 Å². The average Bonchev–Trinajstić information content (AvgIpc) is 2.48. The second kappa shape index (κ2) is 8.28. The highest BCUT2D eigenvalue weighted by molar-refractivity contribution is 6.32. The fourth-order valence-electron chi connectivity index (χ4n) is 1.99. The summed E-state index contributed by atoms with van der Waals surface area (Å²) < 4.78 is 5.91. The van der Waals surface area contributed by atoms with Gasteiger partial charge in [0.1, 0.15) is 12.4 Å². The van der Waals surface area contributed by atoms with Gasteiger partial charge in [0.25, 0.3) is 0 Å². The fourth-order valence-corrected chi connectivity index (χ4v) is 2.36. The molecular formula is C17H19Cl2NO. The van der Waals surface area contributed by atoms with Crippen molar-refractivity contribution < 1.29 is 4.74 Å². The summed E-state index contributed by atoms with van der Waals surface area (Å²) in [6.45, 7) is 4.35. The van der Waals surface area contributed by atoms with Crippen molar-refractivity contribution in [2.75, 3.05) is 6.54 Å². The van der Waals surface area contributed by atoms with Crippen molar-refractivity contribution in [1.29, 1.82) is 0 Å². The molecule has 21 heavy (non-hydrogen) atoms. The van der Waals surface area contributed by atoms with Crippen molar-refractivity contribution in [3.8, 4) is 5.75 Å². The van der Waals surface area contributed by atoms with Crippen LogP contribution in [0.1, 0.15) is 24.5 Å². The summed E-state index contributed by atoms with van der Waals surface area (Å²) in [5.41, 5.74) is 2.14. The number of para-hydroxylation sites is 1. The van der Waals surface area contributed by atoms with E-state index in [1.807, 2.05) is 42.5 Å². The lowest BCUT2D eigenvalue weighted by Gasteiger charge is -2.14. The Labute approximate surface area is 136 Å². The third kappa shape index (κ3) is 4.92. The summed E-state index contributed by atoms with van der Waals surface area (Å²) in [4.78, 5) is 0. The van der Waals surface area contributed by atoms with Crippen LogP contribution in [-0.2, 0) is 13.2 Å².